The molecule has 2 N–H and O–H groups in total. The van der Waals surface area contributed by atoms with Crippen molar-refractivity contribution < 1.29 is 19.1 Å². The quantitative estimate of drug-likeness (QED) is 0.332. The monoisotopic (exact) mass is 596 g/mol. The number of carbonyl (C=O) groups excluding carboxylic acids is 2. The second kappa shape index (κ2) is 10.3. The molecule has 2 saturated carbocycles. The number of aromatic nitrogens is 3. The van der Waals surface area contributed by atoms with Crippen LogP contribution in [0.15, 0.2) is 36.4 Å². The van der Waals surface area contributed by atoms with Gasteiger partial charge in [-0.25, -0.2) is 4.98 Å². The van der Waals surface area contributed by atoms with Crippen LogP contribution in [-0.4, -0.2) is 88.3 Å². The Kier molecular flexibility index (Phi) is 6.50. The van der Waals surface area contributed by atoms with E-state index in [1.165, 1.54) is 29.3 Å². The number of likely N-dealkylation sites (tertiary alicyclic amines) is 2. The van der Waals surface area contributed by atoms with Gasteiger partial charge in [0.2, 0.25) is 5.91 Å². The van der Waals surface area contributed by atoms with Crippen LogP contribution in [0.1, 0.15) is 47.5 Å². The molecule has 44 heavy (non-hydrogen) atoms. The summed E-state index contributed by atoms with van der Waals surface area (Å²) in [5.41, 5.74) is 12.2. The van der Waals surface area contributed by atoms with Gasteiger partial charge in [0.05, 0.1) is 23.8 Å². The lowest BCUT2D eigenvalue weighted by Crippen LogP contribution is -2.49. The number of hydrogen-bond acceptors (Lipinski definition) is 6. The molecule has 10 heteroatoms. The maximum absolute atomic E-state index is 13.7. The zero-order chi connectivity index (χ0) is 30.3. The van der Waals surface area contributed by atoms with Crippen molar-refractivity contribution >= 4 is 33.8 Å². The predicted molar refractivity (Wildman–Crippen MR) is 168 cm³/mol. The molecule has 4 aromatic rings. The largest absolute Gasteiger partial charge is 0.494 e. The van der Waals surface area contributed by atoms with Crippen LogP contribution in [0.25, 0.3) is 33.5 Å². The molecule has 3 atom stereocenters. The predicted octanol–water partition coefficient (Wildman–Crippen LogP) is 3.75. The third-order valence-corrected chi connectivity index (χ3v) is 10.6. The molecule has 2 bridgehead atoms. The fourth-order valence-corrected chi connectivity index (χ4v) is 7.98. The minimum Gasteiger partial charge on any atom is -0.494 e. The average molecular weight is 597 g/mol. The number of nitrogens with zero attached hydrogens (tertiary/aromatic N) is 5. The molecule has 230 valence electrons. The van der Waals surface area contributed by atoms with Crippen molar-refractivity contribution in [3.63, 3.8) is 0 Å². The van der Waals surface area contributed by atoms with Crippen molar-refractivity contribution in [2.45, 2.75) is 50.2 Å². The number of nitrogens with two attached hydrogens (primary N) is 1. The molecule has 2 aromatic carbocycles. The highest BCUT2D eigenvalue weighted by Gasteiger charge is 2.47. The highest BCUT2D eigenvalue weighted by atomic mass is 16.5. The first-order valence-corrected chi connectivity index (χ1v) is 15.9. The van der Waals surface area contributed by atoms with E-state index in [2.05, 4.69) is 33.4 Å². The van der Waals surface area contributed by atoms with E-state index in [1.807, 2.05) is 29.0 Å². The zero-order valence-corrected chi connectivity index (χ0v) is 25.7. The molecule has 2 aliphatic carbocycles. The lowest BCUT2D eigenvalue weighted by molar-refractivity contribution is -0.139. The highest BCUT2D eigenvalue weighted by molar-refractivity contribution is 6.00. The number of para-hydroxylation sites is 1. The van der Waals surface area contributed by atoms with Crippen LogP contribution < -0.4 is 10.5 Å². The summed E-state index contributed by atoms with van der Waals surface area (Å²) in [5, 5.41) is 1.18. The zero-order valence-electron chi connectivity index (χ0n) is 25.7. The Labute approximate surface area is 256 Å². The Morgan fingerprint density at radius 1 is 1.02 bits per heavy atom. The number of rotatable bonds is 8. The summed E-state index contributed by atoms with van der Waals surface area (Å²) in [7, 11) is 5.24. The highest BCUT2D eigenvalue weighted by Crippen LogP contribution is 2.42. The smallest absolute Gasteiger partial charge is 0.254 e. The normalized spacial score (nSPS) is 23.2. The number of carbonyl (C=O) groups is 2. The number of piperidine rings is 1. The average Bonchev–Trinajstić information content (AvgIpc) is 3.38. The lowest BCUT2D eigenvalue weighted by atomic mass is 9.90. The van der Waals surface area contributed by atoms with E-state index in [0.717, 1.165) is 48.5 Å². The summed E-state index contributed by atoms with van der Waals surface area (Å²) >= 11 is 0. The standard InChI is InChI=1S/C34H40N6O4/c1-37-32-25(11-22(13-28(32)44-3)34(42)40-17-21-9-10-26(40)30(21)35)36-33(37)27-12-20-5-4-6-24(31(20)39(27)14-19-7-8-19)23-15-38(16-23)29(41)18-43-2/h4-6,11-13,19,21,23,26,30H,7-10,14-18,35H2,1-3H3/t21-,26-,30-/m1/s1. The van der Waals surface area contributed by atoms with Crippen molar-refractivity contribution in [1.82, 2.24) is 23.9 Å². The van der Waals surface area contributed by atoms with Gasteiger partial charge in [-0.2, -0.15) is 0 Å². The maximum atomic E-state index is 13.7. The second-order valence-corrected chi connectivity index (χ2v) is 13.3. The van der Waals surface area contributed by atoms with Crippen LogP contribution in [0.3, 0.4) is 0 Å². The Morgan fingerprint density at radius 3 is 2.52 bits per heavy atom. The summed E-state index contributed by atoms with van der Waals surface area (Å²) in [5.74, 6) is 2.85. The van der Waals surface area contributed by atoms with Gasteiger partial charge in [0, 0.05) is 69.3 Å². The first-order chi connectivity index (χ1) is 21.4. The van der Waals surface area contributed by atoms with Crippen molar-refractivity contribution in [1.29, 1.82) is 0 Å². The molecule has 0 radical (unpaired) electrons. The molecule has 8 rings (SSSR count). The first kappa shape index (κ1) is 27.6. The van der Waals surface area contributed by atoms with Crippen molar-refractivity contribution in [2.24, 2.45) is 24.6 Å². The summed E-state index contributed by atoms with van der Waals surface area (Å²) in [4.78, 5) is 35.1. The van der Waals surface area contributed by atoms with Crippen LogP contribution in [0.5, 0.6) is 5.75 Å². The second-order valence-electron chi connectivity index (χ2n) is 13.3. The van der Waals surface area contributed by atoms with Gasteiger partial charge in [-0.15, -0.1) is 0 Å². The van der Waals surface area contributed by atoms with Gasteiger partial charge in [-0.3, -0.25) is 9.59 Å². The van der Waals surface area contributed by atoms with Gasteiger partial charge < -0.3 is 34.1 Å². The van der Waals surface area contributed by atoms with Gasteiger partial charge in [-0.1, -0.05) is 18.2 Å². The number of imidazole rings is 1. The fourth-order valence-electron chi connectivity index (χ4n) is 7.98. The van der Waals surface area contributed by atoms with E-state index in [4.69, 9.17) is 20.2 Å². The van der Waals surface area contributed by atoms with Gasteiger partial charge in [0.1, 0.15) is 17.9 Å². The van der Waals surface area contributed by atoms with E-state index in [0.29, 0.717) is 36.2 Å². The van der Waals surface area contributed by atoms with Crippen LogP contribution >= 0.6 is 0 Å². The maximum Gasteiger partial charge on any atom is 0.254 e. The molecule has 2 amide bonds. The molecule has 4 fully saturated rings. The van der Waals surface area contributed by atoms with Gasteiger partial charge in [0.25, 0.3) is 5.91 Å². The Hall–Kier alpha value is -3.89. The topological polar surface area (TPSA) is 108 Å². The Morgan fingerprint density at radius 2 is 1.84 bits per heavy atom. The van der Waals surface area contributed by atoms with E-state index >= 15 is 0 Å². The Balaban J connectivity index is 1.20. The van der Waals surface area contributed by atoms with Crippen LogP contribution in [0.4, 0.5) is 0 Å². The van der Waals surface area contributed by atoms with Crippen LogP contribution in [0.2, 0.25) is 0 Å². The van der Waals surface area contributed by atoms with Gasteiger partial charge in [-0.05, 0) is 61.3 Å². The number of amides is 2. The molecule has 4 aliphatic rings. The first-order valence-electron chi connectivity index (χ1n) is 15.9. The minimum atomic E-state index is 0.00562. The molecule has 2 aromatic heterocycles. The number of hydrogen-bond donors (Lipinski definition) is 1. The fraction of sp³-hybridized carbons (Fsp3) is 0.500. The Bertz CT molecular complexity index is 1800. The van der Waals surface area contributed by atoms with Crippen molar-refractivity contribution in [3.05, 3.63) is 47.5 Å². The molecular formula is C34H40N6O4. The molecule has 0 unspecified atom stereocenters. The van der Waals surface area contributed by atoms with Crippen molar-refractivity contribution in [2.75, 3.05) is 40.5 Å². The summed E-state index contributed by atoms with van der Waals surface area (Å²) in [6.07, 6.45) is 4.53. The summed E-state index contributed by atoms with van der Waals surface area (Å²) in [6, 6.07) is 12.7. The number of benzene rings is 2. The van der Waals surface area contributed by atoms with Crippen LogP contribution in [0, 0.1) is 11.8 Å². The van der Waals surface area contributed by atoms with E-state index in [1.54, 1.807) is 14.2 Å². The third-order valence-electron chi connectivity index (χ3n) is 10.6. The number of fused-ring (bicyclic) bond motifs is 4. The molecule has 2 aliphatic heterocycles. The number of ether oxygens (including phenoxy) is 2. The van der Waals surface area contributed by atoms with Crippen molar-refractivity contribution in [3.8, 4) is 17.3 Å². The molecule has 10 nitrogen and oxygen atoms in total. The van der Waals surface area contributed by atoms with E-state index in [-0.39, 0.29) is 36.4 Å². The third kappa shape index (κ3) is 4.25. The summed E-state index contributed by atoms with van der Waals surface area (Å²) in [6.45, 7) is 3.18. The molecule has 0 spiro atoms. The number of methoxy groups -OCH3 is 2. The van der Waals surface area contributed by atoms with Gasteiger partial charge >= 0.3 is 0 Å². The lowest BCUT2D eigenvalue weighted by Gasteiger charge is -2.40. The SMILES string of the molecule is COCC(=O)N1CC(c2cccc3cc(-c4nc5cc(C(=O)N6C[C@H]7CC[C@@H]6[C@@H]7N)cc(OC)c5n4C)n(CC4CC4)c23)C1. The van der Waals surface area contributed by atoms with E-state index in [9.17, 15) is 9.59 Å². The minimum absolute atomic E-state index is 0.00562. The number of aryl methyl sites for hydroxylation is 1. The van der Waals surface area contributed by atoms with Gasteiger partial charge in [0.15, 0.2) is 5.82 Å². The molecule has 2 saturated heterocycles. The molecular weight excluding hydrogens is 556 g/mol. The van der Waals surface area contributed by atoms with Crippen LogP contribution in [-0.2, 0) is 23.1 Å². The van der Waals surface area contributed by atoms with E-state index < -0.39 is 0 Å². The molecule has 4 heterocycles. The summed E-state index contributed by atoms with van der Waals surface area (Å²) < 4.78 is 15.5.